The van der Waals surface area contributed by atoms with E-state index in [2.05, 4.69) is 19.2 Å². The summed E-state index contributed by atoms with van der Waals surface area (Å²) in [4.78, 5) is 27.1. The van der Waals surface area contributed by atoms with Gasteiger partial charge in [0.15, 0.2) is 0 Å². The van der Waals surface area contributed by atoms with Crippen molar-refractivity contribution < 1.29 is 14.3 Å². The second-order valence-corrected chi connectivity index (χ2v) is 6.40. The molecule has 0 aromatic carbocycles. The van der Waals surface area contributed by atoms with Crippen LogP contribution in [0.1, 0.15) is 46.5 Å². The van der Waals surface area contributed by atoms with Crippen molar-refractivity contribution in [1.29, 1.82) is 0 Å². The Kier molecular flexibility index (Phi) is 5.62. The summed E-state index contributed by atoms with van der Waals surface area (Å²) in [5.74, 6) is 0.651. The van der Waals surface area contributed by atoms with E-state index in [0.717, 1.165) is 32.3 Å². The van der Waals surface area contributed by atoms with Crippen molar-refractivity contribution in [3.63, 3.8) is 0 Å². The first-order valence-electron chi connectivity index (χ1n) is 8.27. The van der Waals surface area contributed by atoms with Crippen LogP contribution in [0.3, 0.4) is 0 Å². The first-order chi connectivity index (χ1) is 10.1. The van der Waals surface area contributed by atoms with Crippen LogP contribution in [0, 0.1) is 11.8 Å². The zero-order chi connectivity index (χ0) is 15.4. The largest absolute Gasteiger partial charge is 0.381 e. The van der Waals surface area contributed by atoms with Crippen LogP contribution >= 0.6 is 0 Å². The van der Waals surface area contributed by atoms with Crippen LogP contribution in [0.5, 0.6) is 0 Å². The third-order valence-corrected chi connectivity index (χ3v) is 4.78. The Balaban J connectivity index is 2.14. The lowest BCUT2D eigenvalue weighted by molar-refractivity contribution is -0.151. The number of nitrogens with one attached hydrogen (secondary N) is 1. The van der Waals surface area contributed by atoms with Gasteiger partial charge in [0.05, 0.1) is 6.61 Å². The molecule has 120 valence electrons. The number of amides is 2. The minimum Gasteiger partial charge on any atom is -0.381 e. The fourth-order valence-corrected chi connectivity index (χ4v) is 3.19. The van der Waals surface area contributed by atoms with Crippen molar-refractivity contribution in [2.24, 2.45) is 11.8 Å². The zero-order valence-corrected chi connectivity index (χ0v) is 13.4. The van der Waals surface area contributed by atoms with Crippen molar-refractivity contribution in [2.75, 3.05) is 19.8 Å². The molecule has 2 rings (SSSR count). The van der Waals surface area contributed by atoms with Gasteiger partial charge < -0.3 is 15.0 Å². The quantitative estimate of drug-likeness (QED) is 0.809. The third kappa shape index (κ3) is 3.57. The Morgan fingerprint density at radius 3 is 2.71 bits per heavy atom. The maximum absolute atomic E-state index is 12.8. The molecular formula is C16H28N2O3. The average molecular weight is 296 g/mol. The van der Waals surface area contributed by atoms with Gasteiger partial charge >= 0.3 is 0 Å². The molecule has 2 saturated heterocycles. The molecule has 1 N–H and O–H groups in total. The molecule has 5 heteroatoms. The molecule has 4 unspecified atom stereocenters. The number of rotatable bonds is 6. The SMILES string of the molecule is CCCC1C(=O)NC(C(C)CC)C(=O)N1CC1CCOC1. The first kappa shape index (κ1) is 16.3. The molecule has 0 aromatic heterocycles. The second kappa shape index (κ2) is 7.25. The highest BCUT2D eigenvalue weighted by Gasteiger charge is 2.42. The molecule has 0 bridgehead atoms. The number of hydrogen-bond donors (Lipinski definition) is 1. The molecule has 0 aromatic rings. The Labute approximate surface area is 127 Å². The number of piperazine rings is 1. The highest BCUT2D eigenvalue weighted by molar-refractivity contribution is 5.97. The highest BCUT2D eigenvalue weighted by atomic mass is 16.5. The van der Waals surface area contributed by atoms with E-state index in [1.54, 1.807) is 0 Å². The van der Waals surface area contributed by atoms with Gasteiger partial charge in [-0.2, -0.15) is 0 Å². The van der Waals surface area contributed by atoms with E-state index in [1.807, 2.05) is 11.8 Å². The molecule has 0 radical (unpaired) electrons. The summed E-state index contributed by atoms with van der Waals surface area (Å²) < 4.78 is 5.41. The molecule has 2 fully saturated rings. The van der Waals surface area contributed by atoms with Gasteiger partial charge in [0.2, 0.25) is 11.8 Å². The predicted octanol–water partition coefficient (Wildman–Crippen LogP) is 1.56. The van der Waals surface area contributed by atoms with Crippen LogP contribution in [0.4, 0.5) is 0 Å². The maximum atomic E-state index is 12.8. The van der Waals surface area contributed by atoms with Crippen LogP contribution in [0.2, 0.25) is 0 Å². The Bertz CT molecular complexity index is 380. The molecule has 2 amide bonds. The Morgan fingerprint density at radius 1 is 1.38 bits per heavy atom. The van der Waals surface area contributed by atoms with Gasteiger partial charge in [0.1, 0.15) is 12.1 Å². The Morgan fingerprint density at radius 2 is 2.14 bits per heavy atom. The van der Waals surface area contributed by atoms with Crippen LogP contribution in [-0.2, 0) is 14.3 Å². The second-order valence-electron chi connectivity index (χ2n) is 6.40. The summed E-state index contributed by atoms with van der Waals surface area (Å²) in [7, 11) is 0. The lowest BCUT2D eigenvalue weighted by atomic mass is 9.92. The normalized spacial score (nSPS) is 31.4. The van der Waals surface area contributed by atoms with E-state index < -0.39 is 0 Å². The van der Waals surface area contributed by atoms with E-state index >= 15 is 0 Å². The number of carbonyl (C=O) groups is 2. The Hall–Kier alpha value is -1.10. The molecule has 0 saturated carbocycles. The molecule has 2 aliphatic rings. The topological polar surface area (TPSA) is 58.6 Å². The van der Waals surface area contributed by atoms with Crippen LogP contribution in [0.25, 0.3) is 0 Å². The lowest BCUT2D eigenvalue weighted by Gasteiger charge is -2.41. The minimum atomic E-state index is -0.363. The van der Waals surface area contributed by atoms with E-state index in [0.29, 0.717) is 19.1 Å². The molecule has 4 atom stereocenters. The fraction of sp³-hybridized carbons (Fsp3) is 0.875. The fourth-order valence-electron chi connectivity index (χ4n) is 3.19. The summed E-state index contributed by atoms with van der Waals surface area (Å²) >= 11 is 0. The summed E-state index contributed by atoms with van der Waals surface area (Å²) in [6.45, 7) is 8.26. The standard InChI is InChI=1S/C16H28N2O3/c1-4-6-13-15(19)17-14(11(3)5-2)16(20)18(13)9-12-7-8-21-10-12/h11-14H,4-10H2,1-3H3,(H,17,19). The summed E-state index contributed by atoms with van der Waals surface area (Å²) in [5.41, 5.74) is 0. The van der Waals surface area contributed by atoms with Crippen molar-refractivity contribution >= 4 is 11.8 Å². The molecule has 21 heavy (non-hydrogen) atoms. The summed E-state index contributed by atoms with van der Waals surface area (Å²) in [6, 6.07) is -0.665. The van der Waals surface area contributed by atoms with Crippen molar-refractivity contribution in [2.45, 2.75) is 58.5 Å². The molecule has 5 nitrogen and oxygen atoms in total. The van der Waals surface area contributed by atoms with Gasteiger partial charge in [0.25, 0.3) is 0 Å². The lowest BCUT2D eigenvalue weighted by Crippen LogP contribution is -2.65. The third-order valence-electron chi connectivity index (χ3n) is 4.78. The monoisotopic (exact) mass is 296 g/mol. The molecule has 0 aliphatic carbocycles. The van der Waals surface area contributed by atoms with Gasteiger partial charge in [0, 0.05) is 19.1 Å². The number of carbonyl (C=O) groups excluding carboxylic acids is 2. The molecule has 2 heterocycles. The van der Waals surface area contributed by atoms with Gasteiger partial charge in [-0.3, -0.25) is 9.59 Å². The van der Waals surface area contributed by atoms with Crippen molar-refractivity contribution in [3.8, 4) is 0 Å². The van der Waals surface area contributed by atoms with Crippen molar-refractivity contribution in [3.05, 3.63) is 0 Å². The predicted molar refractivity (Wildman–Crippen MR) is 80.7 cm³/mol. The van der Waals surface area contributed by atoms with E-state index in [1.165, 1.54) is 0 Å². The van der Waals surface area contributed by atoms with E-state index in [4.69, 9.17) is 4.74 Å². The van der Waals surface area contributed by atoms with Gasteiger partial charge in [-0.05, 0) is 18.8 Å². The van der Waals surface area contributed by atoms with Crippen LogP contribution in [-0.4, -0.2) is 48.6 Å². The van der Waals surface area contributed by atoms with Gasteiger partial charge in [-0.1, -0.05) is 33.6 Å². The number of ether oxygens (including phenoxy) is 1. The first-order valence-corrected chi connectivity index (χ1v) is 8.27. The summed E-state index contributed by atoms with van der Waals surface area (Å²) in [6.07, 6.45) is 3.50. The minimum absolute atomic E-state index is 0.0145. The maximum Gasteiger partial charge on any atom is 0.246 e. The van der Waals surface area contributed by atoms with Gasteiger partial charge in [-0.15, -0.1) is 0 Å². The number of hydrogen-bond acceptors (Lipinski definition) is 3. The van der Waals surface area contributed by atoms with Crippen LogP contribution < -0.4 is 5.32 Å². The molecule has 0 spiro atoms. The summed E-state index contributed by atoms with van der Waals surface area (Å²) in [5, 5.41) is 2.95. The smallest absolute Gasteiger partial charge is 0.246 e. The van der Waals surface area contributed by atoms with E-state index in [9.17, 15) is 9.59 Å². The van der Waals surface area contributed by atoms with Gasteiger partial charge in [-0.25, -0.2) is 0 Å². The van der Waals surface area contributed by atoms with Crippen LogP contribution in [0.15, 0.2) is 0 Å². The average Bonchev–Trinajstić information content (AvgIpc) is 2.98. The zero-order valence-electron chi connectivity index (χ0n) is 13.4. The number of nitrogens with zero attached hydrogens (tertiary/aromatic N) is 1. The van der Waals surface area contributed by atoms with Crippen molar-refractivity contribution in [1.82, 2.24) is 10.2 Å². The van der Waals surface area contributed by atoms with E-state index in [-0.39, 0.29) is 29.8 Å². The molecule has 2 aliphatic heterocycles. The highest BCUT2D eigenvalue weighted by Crippen LogP contribution is 2.23. The molecular weight excluding hydrogens is 268 g/mol.